The Labute approximate surface area is 130 Å². The van der Waals surface area contributed by atoms with E-state index in [0.717, 1.165) is 4.96 Å². The lowest BCUT2D eigenvalue weighted by molar-refractivity contribution is -0.142. The Balaban J connectivity index is 2.13. The summed E-state index contributed by atoms with van der Waals surface area (Å²) in [6.45, 7) is 3.46. The van der Waals surface area contributed by atoms with Gasteiger partial charge in [-0.05, 0) is 12.0 Å². The summed E-state index contributed by atoms with van der Waals surface area (Å²) < 4.78 is 1.76. The van der Waals surface area contributed by atoms with E-state index in [1.807, 2.05) is 5.38 Å². The van der Waals surface area contributed by atoms with E-state index in [4.69, 9.17) is 16.7 Å². The molecule has 21 heavy (non-hydrogen) atoms. The van der Waals surface area contributed by atoms with E-state index in [0.29, 0.717) is 10.8 Å². The zero-order chi connectivity index (χ0) is 15.6. The van der Waals surface area contributed by atoms with Gasteiger partial charge in [0.15, 0.2) is 10.1 Å². The first-order valence-corrected chi connectivity index (χ1v) is 7.48. The van der Waals surface area contributed by atoms with Crippen molar-refractivity contribution in [1.29, 1.82) is 0 Å². The second kappa shape index (κ2) is 6.28. The number of nitrogens with one attached hydrogen (secondary N) is 1. The van der Waals surface area contributed by atoms with Gasteiger partial charge in [0, 0.05) is 17.7 Å². The summed E-state index contributed by atoms with van der Waals surface area (Å²) in [6, 6.07) is -0.927. The normalized spacial score (nSPS) is 13.1. The summed E-state index contributed by atoms with van der Waals surface area (Å²) in [6.07, 6.45) is 4.57. The minimum Gasteiger partial charge on any atom is -0.480 e. The van der Waals surface area contributed by atoms with Crippen molar-refractivity contribution in [3.63, 3.8) is 0 Å². The molecule has 0 aliphatic heterocycles. The first-order chi connectivity index (χ1) is 9.90. The average molecular weight is 328 g/mol. The number of carbonyl (C=O) groups excluding carboxylic acids is 1. The van der Waals surface area contributed by atoms with E-state index in [9.17, 15) is 9.59 Å². The number of carboxylic acid groups (broad SMARTS) is 1. The van der Waals surface area contributed by atoms with Gasteiger partial charge in [-0.1, -0.05) is 25.4 Å². The van der Waals surface area contributed by atoms with Crippen LogP contribution in [0.3, 0.4) is 0 Å². The summed E-state index contributed by atoms with van der Waals surface area (Å²) in [5.41, 5.74) is 0.583. The molecule has 0 bridgehead atoms. The second-order valence-corrected chi connectivity index (χ2v) is 5.98. The van der Waals surface area contributed by atoms with Gasteiger partial charge in [-0.2, -0.15) is 0 Å². The largest absolute Gasteiger partial charge is 0.480 e. The van der Waals surface area contributed by atoms with Gasteiger partial charge in [0.2, 0.25) is 5.91 Å². The van der Waals surface area contributed by atoms with Crippen LogP contribution in [-0.4, -0.2) is 32.4 Å². The molecule has 2 aromatic rings. The lowest BCUT2D eigenvalue weighted by Crippen LogP contribution is -2.43. The third-order valence-electron chi connectivity index (χ3n) is 2.88. The van der Waals surface area contributed by atoms with Gasteiger partial charge in [-0.15, -0.1) is 11.3 Å². The number of hydrogen-bond acceptors (Lipinski definition) is 4. The molecule has 112 valence electrons. The summed E-state index contributed by atoms with van der Waals surface area (Å²) >= 11 is 7.43. The number of carboxylic acids is 1. The fourth-order valence-electron chi connectivity index (χ4n) is 1.80. The number of halogens is 1. The van der Waals surface area contributed by atoms with E-state index in [1.165, 1.54) is 23.5 Å². The van der Waals surface area contributed by atoms with Crippen molar-refractivity contribution in [2.24, 2.45) is 5.92 Å². The molecule has 2 rings (SSSR count). The fourth-order valence-corrected chi connectivity index (χ4v) is 2.80. The molecule has 0 unspecified atom stereocenters. The van der Waals surface area contributed by atoms with Gasteiger partial charge in [0.05, 0.1) is 5.69 Å². The van der Waals surface area contributed by atoms with E-state index in [1.54, 1.807) is 24.4 Å². The van der Waals surface area contributed by atoms with Crippen LogP contribution >= 0.6 is 22.9 Å². The van der Waals surface area contributed by atoms with Crippen molar-refractivity contribution >= 4 is 45.9 Å². The predicted molar refractivity (Wildman–Crippen MR) is 81.5 cm³/mol. The number of rotatable bonds is 5. The molecule has 0 aromatic carbocycles. The van der Waals surface area contributed by atoms with Crippen LogP contribution in [0.1, 0.15) is 19.5 Å². The minimum atomic E-state index is -1.06. The van der Waals surface area contributed by atoms with Crippen molar-refractivity contribution in [2.75, 3.05) is 0 Å². The van der Waals surface area contributed by atoms with Crippen LogP contribution in [0.2, 0.25) is 5.15 Å². The van der Waals surface area contributed by atoms with Crippen LogP contribution in [-0.2, 0) is 9.59 Å². The first kappa shape index (κ1) is 15.5. The summed E-state index contributed by atoms with van der Waals surface area (Å²) in [5.74, 6) is -1.76. The maximum atomic E-state index is 11.8. The van der Waals surface area contributed by atoms with Gasteiger partial charge in [0.25, 0.3) is 0 Å². The Morgan fingerprint density at radius 3 is 2.86 bits per heavy atom. The lowest BCUT2D eigenvalue weighted by Gasteiger charge is -2.16. The van der Waals surface area contributed by atoms with Crippen LogP contribution < -0.4 is 5.32 Å². The molecule has 0 radical (unpaired) electrons. The molecule has 0 aliphatic carbocycles. The van der Waals surface area contributed by atoms with Crippen molar-refractivity contribution in [3.8, 4) is 0 Å². The van der Waals surface area contributed by atoms with Gasteiger partial charge < -0.3 is 10.4 Å². The number of aromatic nitrogens is 2. The number of aliphatic carboxylic acids is 1. The number of imidazole rings is 1. The van der Waals surface area contributed by atoms with Gasteiger partial charge in [-0.3, -0.25) is 9.20 Å². The molecule has 2 aromatic heterocycles. The fraction of sp³-hybridized carbons (Fsp3) is 0.308. The second-order valence-electron chi connectivity index (χ2n) is 4.75. The van der Waals surface area contributed by atoms with Crippen LogP contribution in [0, 0.1) is 5.92 Å². The molecule has 8 heteroatoms. The Morgan fingerprint density at radius 1 is 1.52 bits per heavy atom. The highest BCUT2D eigenvalue weighted by molar-refractivity contribution is 7.15. The number of nitrogens with zero attached hydrogens (tertiary/aromatic N) is 2. The summed E-state index contributed by atoms with van der Waals surface area (Å²) in [4.78, 5) is 27.7. The molecule has 0 aliphatic rings. The van der Waals surface area contributed by atoms with E-state index >= 15 is 0 Å². The number of hydrogen-bond donors (Lipinski definition) is 2. The average Bonchev–Trinajstić information content (AvgIpc) is 2.93. The Kier molecular flexibility index (Phi) is 4.64. The third kappa shape index (κ3) is 3.43. The zero-order valence-electron chi connectivity index (χ0n) is 11.4. The maximum Gasteiger partial charge on any atom is 0.326 e. The highest BCUT2D eigenvalue weighted by atomic mass is 35.5. The van der Waals surface area contributed by atoms with E-state index < -0.39 is 17.9 Å². The Morgan fingerprint density at radius 2 is 2.24 bits per heavy atom. The molecule has 6 nitrogen and oxygen atoms in total. The van der Waals surface area contributed by atoms with Crippen LogP contribution in [0.5, 0.6) is 0 Å². The van der Waals surface area contributed by atoms with Crippen LogP contribution in [0.4, 0.5) is 0 Å². The van der Waals surface area contributed by atoms with E-state index in [2.05, 4.69) is 10.3 Å². The predicted octanol–water partition coefficient (Wildman–Crippen LogP) is 2.29. The standard InChI is InChI=1S/C13H14ClN3O3S/c1-7(2)10(12(19)20)15-9(18)4-3-8-11(14)16-13-17(8)5-6-21-13/h3-7,10H,1-2H3,(H,15,18)(H,19,20)/t10-/m1/s1. The van der Waals surface area contributed by atoms with Crippen molar-refractivity contribution < 1.29 is 14.7 Å². The zero-order valence-corrected chi connectivity index (χ0v) is 13.0. The van der Waals surface area contributed by atoms with Gasteiger partial charge in [0.1, 0.15) is 6.04 Å². The van der Waals surface area contributed by atoms with Gasteiger partial charge >= 0.3 is 5.97 Å². The third-order valence-corrected chi connectivity index (χ3v) is 3.91. The number of fused-ring (bicyclic) bond motifs is 1. The number of carbonyl (C=O) groups is 2. The summed E-state index contributed by atoms with van der Waals surface area (Å²) in [5, 5.41) is 13.6. The number of amides is 1. The molecular weight excluding hydrogens is 314 g/mol. The van der Waals surface area contributed by atoms with Crippen LogP contribution in [0.15, 0.2) is 17.7 Å². The van der Waals surface area contributed by atoms with Crippen molar-refractivity contribution in [2.45, 2.75) is 19.9 Å². The van der Waals surface area contributed by atoms with Gasteiger partial charge in [-0.25, -0.2) is 9.78 Å². The molecular formula is C13H14ClN3O3S. The molecule has 2 N–H and O–H groups in total. The molecule has 1 atom stereocenters. The number of thiazole rings is 1. The van der Waals surface area contributed by atoms with Crippen molar-refractivity contribution in [1.82, 2.24) is 14.7 Å². The monoisotopic (exact) mass is 327 g/mol. The molecule has 0 fully saturated rings. The highest BCUT2D eigenvalue weighted by Crippen LogP contribution is 2.22. The smallest absolute Gasteiger partial charge is 0.326 e. The molecule has 1 amide bonds. The Bertz CT molecular complexity index is 705. The maximum absolute atomic E-state index is 11.8. The molecule has 0 spiro atoms. The van der Waals surface area contributed by atoms with Crippen molar-refractivity contribution in [3.05, 3.63) is 28.5 Å². The van der Waals surface area contributed by atoms with E-state index in [-0.39, 0.29) is 5.92 Å². The molecule has 0 saturated carbocycles. The quantitative estimate of drug-likeness (QED) is 0.825. The first-order valence-electron chi connectivity index (χ1n) is 6.22. The molecule has 0 saturated heterocycles. The molecule has 2 heterocycles. The minimum absolute atomic E-state index is 0.206. The highest BCUT2D eigenvalue weighted by Gasteiger charge is 2.22. The SMILES string of the molecule is CC(C)[C@@H](NC(=O)C=Cc1c(Cl)nc2sccn12)C(=O)O. The van der Waals surface area contributed by atoms with Crippen LogP contribution in [0.25, 0.3) is 11.0 Å². The topological polar surface area (TPSA) is 83.7 Å². The lowest BCUT2D eigenvalue weighted by atomic mass is 10.0. The summed E-state index contributed by atoms with van der Waals surface area (Å²) in [7, 11) is 0. The Hall–Kier alpha value is -1.86.